The van der Waals surface area contributed by atoms with Crippen molar-refractivity contribution in [3.05, 3.63) is 42.0 Å². The van der Waals surface area contributed by atoms with E-state index in [1.807, 2.05) is 18.3 Å². The summed E-state index contributed by atoms with van der Waals surface area (Å²) in [6.45, 7) is 0. The molecule has 3 N–H and O–H groups in total. The molecule has 4 nitrogen and oxygen atoms in total. The zero-order valence-corrected chi connectivity index (χ0v) is 7.07. The van der Waals surface area contributed by atoms with E-state index < -0.39 is 0 Å². The van der Waals surface area contributed by atoms with E-state index in [4.69, 9.17) is 5.73 Å². The highest BCUT2D eigenvalue weighted by Crippen LogP contribution is 2.11. The molecule has 0 aliphatic carbocycles. The van der Waals surface area contributed by atoms with Crippen molar-refractivity contribution in [2.45, 2.75) is 6.42 Å². The van der Waals surface area contributed by atoms with Crippen molar-refractivity contribution in [3.8, 4) is 0 Å². The van der Waals surface area contributed by atoms with Gasteiger partial charge < -0.3 is 5.73 Å². The molecule has 0 saturated heterocycles. The van der Waals surface area contributed by atoms with Crippen molar-refractivity contribution in [2.75, 3.05) is 5.73 Å². The fourth-order valence-corrected chi connectivity index (χ4v) is 1.17. The molecule has 2 rings (SSSR count). The van der Waals surface area contributed by atoms with Crippen LogP contribution in [0.4, 0.5) is 5.69 Å². The largest absolute Gasteiger partial charge is 0.396 e. The molecule has 0 fully saturated rings. The Morgan fingerprint density at radius 1 is 1.38 bits per heavy atom. The Bertz CT molecular complexity index is 380. The van der Waals surface area contributed by atoms with Crippen LogP contribution in [-0.2, 0) is 6.42 Å². The molecule has 0 radical (unpaired) electrons. The number of aromatic nitrogens is 3. The molecule has 2 aromatic heterocycles. The molecule has 0 aliphatic heterocycles. The van der Waals surface area contributed by atoms with Crippen LogP contribution in [0.2, 0.25) is 0 Å². The number of nitrogens with zero attached hydrogens (tertiary/aromatic N) is 2. The topological polar surface area (TPSA) is 67.6 Å². The van der Waals surface area contributed by atoms with Crippen LogP contribution in [0.5, 0.6) is 0 Å². The molecular formula is C9H10N4. The van der Waals surface area contributed by atoms with Gasteiger partial charge in [-0.3, -0.25) is 10.1 Å². The minimum absolute atomic E-state index is 0.698. The third-order valence-corrected chi connectivity index (χ3v) is 1.86. The van der Waals surface area contributed by atoms with Crippen LogP contribution in [0.3, 0.4) is 0 Å². The van der Waals surface area contributed by atoms with E-state index in [0.29, 0.717) is 5.69 Å². The number of pyridine rings is 1. The summed E-state index contributed by atoms with van der Waals surface area (Å²) in [5.74, 6) is 0. The first-order valence-corrected chi connectivity index (χ1v) is 4.03. The summed E-state index contributed by atoms with van der Waals surface area (Å²) < 4.78 is 0. The fourth-order valence-electron chi connectivity index (χ4n) is 1.17. The van der Waals surface area contributed by atoms with Crippen LogP contribution in [0.25, 0.3) is 0 Å². The molecule has 0 unspecified atom stereocenters. The minimum atomic E-state index is 0.698. The number of aromatic amines is 1. The van der Waals surface area contributed by atoms with Crippen LogP contribution in [0.15, 0.2) is 30.7 Å². The Hall–Kier alpha value is -1.84. The number of nitrogens with one attached hydrogen (secondary N) is 1. The average Bonchev–Trinajstić information content (AvgIpc) is 2.54. The minimum Gasteiger partial charge on any atom is -0.396 e. The lowest BCUT2D eigenvalue weighted by atomic mass is 10.1. The summed E-state index contributed by atoms with van der Waals surface area (Å²) in [7, 11) is 0. The van der Waals surface area contributed by atoms with E-state index in [2.05, 4.69) is 15.2 Å². The molecule has 0 amide bonds. The van der Waals surface area contributed by atoms with Crippen molar-refractivity contribution >= 4 is 5.69 Å². The second kappa shape index (κ2) is 3.26. The zero-order valence-electron chi connectivity index (χ0n) is 7.07. The second-order valence-corrected chi connectivity index (χ2v) is 2.84. The van der Waals surface area contributed by atoms with E-state index in [1.54, 1.807) is 12.4 Å². The maximum absolute atomic E-state index is 5.67. The highest BCUT2D eigenvalue weighted by molar-refractivity contribution is 5.42. The zero-order chi connectivity index (χ0) is 9.10. The lowest BCUT2D eigenvalue weighted by Gasteiger charge is -1.98. The van der Waals surface area contributed by atoms with Gasteiger partial charge in [0.1, 0.15) is 0 Å². The van der Waals surface area contributed by atoms with Gasteiger partial charge in [-0.15, -0.1) is 0 Å². The Kier molecular flexibility index (Phi) is 1.96. The second-order valence-electron chi connectivity index (χ2n) is 2.84. The molecule has 2 heterocycles. The lowest BCUT2D eigenvalue weighted by molar-refractivity contribution is 0.991. The summed E-state index contributed by atoms with van der Waals surface area (Å²) in [4.78, 5) is 4.02. The maximum Gasteiger partial charge on any atom is 0.0733 e. The van der Waals surface area contributed by atoms with Crippen LogP contribution in [0, 0.1) is 0 Å². The van der Waals surface area contributed by atoms with Gasteiger partial charge in [-0.25, -0.2) is 0 Å². The molecule has 0 atom stereocenters. The standard InChI is InChI=1S/C9H10N4/c10-8-6-12-13-9(8)4-7-2-1-3-11-5-7/h1-3,5-6H,4,10H2,(H,12,13). The van der Waals surface area contributed by atoms with Crippen LogP contribution in [-0.4, -0.2) is 15.2 Å². The Labute approximate surface area is 75.8 Å². The molecule has 0 saturated carbocycles. The van der Waals surface area contributed by atoms with Gasteiger partial charge >= 0.3 is 0 Å². The molecule has 2 aromatic rings. The normalized spacial score (nSPS) is 10.2. The van der Waals surface area contributed by atoms with Crippen LogP contribution >= 0.6 is 0 Å². The predicted molar refractivity (Wildman–Crippen MR) is 50.0 cm³/mol. The number of rotatable bonds is 2. The van der Waals surface area contributed by atoms with Gasteiger partial charge in [-0.1, -0.05) is 6.07 Å². The van der Waals surface area contributed by atoms with Crippen LogP contribution < -0.4 is 5.73 Å². The van der Waals surface area contributed by atoms with Crippen molar-refractivity contribution in [1.82, 2.24) is 15.2 Å². The van der Waals surface area contributed by atoms with E-state index in [0.717, 1.165) is 17.7 Å². The van der Waals surface area contributed by atoms with Gasteiger partial charge in [0.2, 0.25) is 0 Å². The molecule has 0 aromatic carbocycles. The van der Waals surface area contributed by atoms with Crippen LogP contribution in [0.1, 0.15) is 11.3 Å². The monoisotopic (exact) mass is 174 g/mol. The molecule has 0 bridgehead atoms. The summed E-state index contributed by atoms with van der Waals surface area (Å²) in [6, 6.07) is 3.91. The SMILES string of the molecule is Nc1cn[nH]c1Cc1cccnc1. The smallest absolute Gasteiger partial charge is 0.0733 e. The Morgan fingerprint density at radius 2 is 2.31 bits per heavy atom. The average molecular weight is 174 g/mol. The Balaban J connectivity index is 2.20. The van der Waals surface area contributed by atoms with E-state index in [-0.39, 0.29) is 0 Å². The molecule has 0 aliphatic rings. The maximum atomic E-state index is 5.67. The van der Waals surface area contributed by atoms with E-state index in [9.17, 15) is 0 Å². The van der Waals surface area contributed by atoms with Crippen molar-refractivity contribution in [2.24, 2.45) is 0 Å². The van der Waals surface area contributed by atoms with Gasteiger partial charge in [0, 0.05) is 18.8 Å². The number of hydrogen-bond donors (Lipinski definition) is 2. The van der Waals surface area contributed by atoms with Gasteiger partial charge in [0.25, 0.3) is 0 Å². The van der Waals surface area contributed by atoms with Gasteiger partial charge in [-0.2, -0.15) is 5.10 Å². The van der Waals surface area contributed by atoms with Crippen molar-refractivity contribution < 1.29 is 0 Å². The van der Waals surface area contributed by atoms with Crippen molar-refractivity contribution in [1.29, 1.82) is 0 Å². The summed E-state index contributed by atoms with van der Waals surface area (Å²) in [5, 5.41) is 6.70. The summed E-state index contributed by atoms with van der Waals surface area (Å²) >= 11 is 0. The van der Waals surface area contributed by atoms with E-state index in [1.165, 1.54) is 0 Å². The number of H-pyrrole nitrogens is 1. The number of nitrogen functional groups attached to an aromatic ring is 1. The van der Waals surface area contributed by atoms with Crippen molar-refractivity contribution in [3.63, 3.8) is 0 Å². The number of nitrogens with two attached hydrogens (primary N) is 1. The third kappa shape index (κ3) is 1.66. The Morgan fingerprint density at radius 3 is 2.92 bits per heavy atom. The van der Waals surface area contributed by atoms with Gasteiger partial charge in [-0.05, 0) is 11.6 Å². The van der Waals surface area contributed by atoms with Gasteiger partial charge in [0.15, 0.2) is 0 Å². The van der Waals surface area contributed by atoms with E-state index >= 15 is 0 Å². The number of hydrogen-bond acceptors (Lipinski definition) is 3. The lowest BCUT2D eigenvalue weighted by Crippen LogP contribution is -1.94. The molecule has 66 valence electrons. The fraction of sp³-hybridized carbons (Fsp3) is 0.111. The molecule has 0 spiro atoms. The predicted octanol–water partition coefficient (Wildman–Crippen LogP) is 0.978. The first kappa shape index (κ1) is 7.79. The molecule has 4 heteroatoms. The number of anilines is 1. The molecular weight excluding hydrogens is 164 g/mol. The third-order valence-electron chi connectivity index (χ3n) is 1.86. The van der Waals surface area contributed by atoms with Gasteiger partial charge in [0.05, 0.1) is 17.6 Å². The summed E-state index contributed by atoms with van der Waals surface area (Å²) in [5.41, 5.74) is 8.43. The summed E-state index contributed by atoms with van der Waals surface area (Å²) in [6.07, 6.45) is 5.94. The first-order chi connectivity index (χ1) is 6.36. The first-order valence-electron chi connectivity index (χ1n) is 4.03. The molecule has 13 heavy (non-hydrogen) atoms. The highest BCUT2D eigenvalue weighted by Gasteiger charge is 2.01. The quantitative estimate of drug-likeness (QED) is 0.713. The highest BCUT2D eigenvalue weighted by atomic mass is 15.1.